The number of halogens is 6. The van der Waals surface area contributed by atoms with Gasteiger partial charge in [-0.3, -0.25) is 0 Å². The lowest BCUT2D eigenvalue weighted by Crippen LogP contribution is -2.41. The van der Waals surface area contributed by atoms with Gasteiger partial charge in [0.05, 0.1) is 29.4 Å². The molecule has 16 heteroatoms. The highest BCUT2D eigenvalue weighted by Gasteiger charge is 2.52. The summed E-state index contributed by atoms with van der Waals surface area (Å²) in [5.74, 6) is 0.813. The molecule has 2 aromatic rings. The van der Waals surface area contributed by atoms with Gasteiger partial charge in [-0.05, 0) is 82.4 Å². The highest BCUT2D eigenvalue weighted by molar-refractivity contribution is 6.62. The largest absolute Gasteiger partial charge is 0.496 e. The number of alkyl halides is 6. The highest BCUT2D eigenvalue weighted by Crippen LogP contribution is 2.38. The molecule has 2 N–H and O–H groups in total. The van der Waals surface area contributed by atoms with E-state index in [-0.39, 0.29) is 24.1 Å². The molecule has 9 nitrogen and oxygen atoms in total. The van der Waals surface area contributed by atoms with Gasteiger partial charge in [-0.1, -0.05) is 37.9 Å². The molecule has 1 saturated heterocycles. The third kappa shape index (κ3) is 10.1. The van der Waals surface area contributed by atoms with Crippen molar-refractivity contribution in [2.75, 3.05) is 25.0 Å². The fourth-order valence-electron chi connectivity index (χ4n) is 5.81. The molecule has 2 aliphatic rings. The van der Waals surface area contributed by atoms with E-state index in [9.17, 15) is 26.3 Å². The van der Waals surface area contributed by atoms with Crippen LogP contribution in [0.15, 0.2) is 45.9 Å². The molecular weight excluding hydrogens is 651 g/mol. The molecule has 0 unspecified atom stereocenters. The molecule has 0 radical (unpaired) electrons. The van der Waals surface area contributed by atoms with Crippen LogP contribution in [0, 0.1) is 5.92 Å². The standard InChI is InChI=1S/C31H42BF6N7O2.C2H6/c1-7-44(17-20-10-8-9-11-20)26-22(14-25(16-41-26)32-46-28(2,3)29(4,5)47-32)19-45(27(39)42-43-40-6)18-21-12-23(30(33,34)35)15-24(13-21)31(36,37)38;1-2/h12-16,20H,7-11,17-19H2,1-6H3,(H2,39,40,42);1-2H3. The van der Waals surface area contributed by atoms with Gasteiger partial charge >= 0.3 is 19.5 Å². The maximum absolute atomic E-state index is 13.7. The zero-order valence-corrected chi connectivity index (χ0v) is 29.5. The molecular formula is C33H48BF6N7O2. The van der Waals surface area contributed by atoms with Crippen molar-refractivity contribution in [3.8, 4) is 0 Å². The maximum atomic E-state index is 13.7. The van der Waals surface area contributed by atoms with Crippen molar-refractivity contribution < 1.29 is 35.7 Å². The second-order valence-electron chi connectivity index (χ2n) is 13.0. The third-order valence-electron chi connectivity index (χ3n) is 9.07. The first-order valence-corrected chi connectivity index (χ1v) is 16.6. The van der Waals surface area contributed by atoms with Crippen molar-refractivity contribution in [1.29, 1.82) is 0 Å². The van der Waals surface area contributed by atoms with Gasteiger partial charge in [0.1, 0.15) is 5.82 Å². The molecule has 49 heavy (non-hydrogen) atoms. The summed E-state index contributed by atoms with van der Waals surface area (Å²) in [5, 5.41) is 11.0. The Morgan fingerprint density at radius 2 is 1.49 bits per heavy atom. The van der Waals surface area contributed by atoms with E-state index in [0.717, 1.165) is 32.2 Å². The van der Waals surface area contributed by atoms with Gasteiger partial charge in [0.25, 0.3) is 0 Å². The topological polar surface area (TPSA) is 101 Å². The van der Waals surface area contributed by atoms with E-state index in [1.807, 2.05) is 54.5 Å². The molecule has 4 rings (SSSR count). The summed E-state index contributed by atoms with van der Waals surface area (Å²) >= 11 is 0. The van der Waals surface area contributed by atoms with E-state index >= 15 is 0 Å². The summed E-state index contributed by atoms with van der Waals surface area (Å²) in [7, 11) is 0.582. The molecule has 0 atom stereocenters. The average molecular weight is 700 g/mol. The van der Waals surface area contributed by atoms with Crippen LogP contribution in [0.4, 0.5) is 32.2 Å². The van der Waals surface area contributed by atoms with E-state index in [0.29, 0.717) is 41.4 Å². The van der Waals surface area contributed by atoms with Gasteiger partial charge < -0.3 is 24.8 Å². The molecule has 0 amide bonds. The first-order valence-electron chi connectivity index (χ1n) is 16.6. The first kappa shape index (κ1) is 40.0. The Balaban J connectivity index is 0.00000319. The summed E-state index contributed by atoms with van der Waals surface area (Å²) in [6.45, 7) is 14.5. The fraction of sp³-hybridized carbons (Fsp3) is 0.636. The first-order chi connectivity index (χ1) is 22.8. The summed E-state index contributed by atoms with van der Waals surface area (Å²) < 4.78 is 94.7. The molecule has 1 aromatic heterocycles. The quantitative estimate of drug-likeness (QED) is 0.0680. The molecule has 2 fully saturated rings. The molecule has 0 bridgehead atoms. The summed E-state index contributed by atoms with van der Waals surface area (Å²) in [6, 6.07) is 3.27. The van der Waals surface area contributed by atoms with Gasteiger partial charge in [-0.25, -0.2) is 4.98 Å². The molecule has 1 aliphatic heterocycles. The molecule has 0 spiro atoms. The lowest BCUT2D eigenvalue weighted by Gasteiger charge is -2.32. The van der Waals surface area contributed by atoms with Gasteiger partial charge in [-0.2, -0.15) is 31.5 Å². The average Bonchev–Trinajstić information content (AvgIpc) is 3.62. The van der Waals surface area contributed by atoms with Crippen LogP contribution in [0.5, 0.6) is 0 Å². The highest BCUT2D eigenvalue weighted by atomic mass is 19.4. The fourth-order valence-corrected chi connectivity index (χ4v) is 5.81. The van der Waals surface area contributed by atoms with E-state index in [2.05, 4.69) is 20.3 Å². The Morgan fingerprint density at radius 3 is 1.98 bits per heavy atom. The van der Waals surface area contributed by atoms with Crippen LogP contribution in [0.25, 0.3) is 0 Å². The Labute approximate surface area is 285 Å². The number of hydrogen-bond donors (Lipinski definition) is 1. The Bertz CT molecular complexity index is 1410. The molecule has 272 valence electrons. The Kier molecular flexibility index (Phi) is 13.1. The normalized spacial score (nSPS) is 18.2. The number of benzene rings is 1. The van der Waals surface area contributed by atoms with Crippen LogP contribution in [-0.2, 0) is 34.8 Å². The lowest BCUT2D eigenvalue weighted by atomic mass is 9.79. The van der Waals surface area contributed by atoms with E-state index < -0.39 is 48.3 Å². The summed E-state index contributed by atoms with van der Waals surface area (Å²) in [4.78, 5) is 8.30. The SMILES string of the molecule is CC.CCN(CC1CCCC1)c1ncc(B2OC(C)(C)C(C)(C)O2)cc1CN(Cc1cc(C(F)(F)F)cc(C(F)(F)F)c1)/C(N)=N/N=NC. The van der Waals surface area contributed by atoms with Gasteiger partial charge in [0.2, 0.25) is 5.96 Å². The number of nitrogens with zero attached hydrogens (tertiary/aromatic N) is 6. The number of pyridine rings is 1. The number of aromatic nitrogens is 1. The van der Waals surface area contributed by atoms with E-state index in [1.165, 1.54) is 11.9 Å². The number of anilines is 1. The van der Waals surface area contributed by atoms with Crippen LogP contribution in [0.3, 0.4) is 0 Å². The van der Waals surface area contributed by atoms with Crippen molar-refractivity contribution >= 4 is 24.4 Å². The molecule has 1 aliphatic carbocycles. The smallest absolute Gasteiger partial charge is 0.399 e. The van der Waals surface area contributed by atoms with Crippen LogP contribution >= 0.6 is 0 Å². The van der Waals surface area contributed by atoms with Crippen molar-refractivity contribution in [3.05, 3.63) is 52.7 Å². The summed E-state index contributed by atoms with van der Waals surface area (Å²) in [5.41, 5.74) is 3.07. The van der Waals surface area contributed by atoms with Crippen LogP contribution in [0.1, 0.15) is 96.4 Å². The molecule has 1 aromatic carbocycles. The second-order valence-corrected chi connectivity index (χ2v) is 13.0. The van der Waals surface area contributed by atoms with Gasteiger partial charge in [-0.15, -0.1) is 0 Å². The maximum Gasteiger partial charge on any atom is 0.496 e. The van der Waals surface area contributed by atoms with E-state index in [4.69, 9.17) is 20.0 Å². The number of hydrogen-bond acceptors (Lipinski definition) is 6. The second kappa shape index (κ2) is 16.1. The monoisotopic (exact) mass is 699 g/mol. The van der Waals surface area contributed by atoms with Crippen molar-refractivity contribution in [3.63, 3.8) is 0 Å². The predicted octanol–water partition coefficient (Wildman–Crippen LogP) is 7.78. The Hall–Kier alpha value is -3.40. The predicted molar refractivity (Wildman–Crippen MR) is 179 cm³/mol. The number of guanidine groups is 1. The van der Waals surface area contributed by atoms with Crippen LogP contribution < -0.4 is 16.1 Å². The van der Waals surface area contributed by atoms with Gasteiger partial charge in [0.15, 0.2) is 0 Å². The van der Waals surface area contributed by atoms with Crippen LogP contribution in [-0.4, -0.2) is 54.3 Å². The van der Waals surface area contributed by atoms with Crippen molar-refractivity contribution in [1.82, 2.24) is 9.88 Å². The van der Waals surface area contributed by atoms with Gasteiger partial charge in [0, 0.05) is 43.4 Å². The lowest BCUT2D eigenvalue weighted by molar-refractivity contribution is -0.143. The number of nitrogens with two attached hydrogens (primary N) is 1. The third-order valence-corrected chi connectivity index (χ3v) is 9.07. The van der Waals surface area contributed by atoms with Crippen molar-refractivity contribution in [2.45, 2.75) is 111 Å². The zero-order valence-electron chi connectivity index (χ0n) is 29.5. The molecule has 2 heterocycles. The van der Waals surface area contributed by atoms with E-state index in [1.54, 1.807) is 6.20 Å². The van der Waals surface area contributed by atoms with Crippen molar-refractivity contribution in [2.24, 2.45) is 27.1 Å². The minimum atomic E-state index is -5.01. The minimum absolute atomic E-state index is 0.0803. The minimum Gasteiger partial charge on any atom is -0.399 e. The van der Waals surface area contributed by atoms with Crippen LogP contribution in [0.2, 0.25) is 0 Å². The molecule has 1 saturated carbocycles. The zero-order chi connectivity index (χ0) is 36.8. The summed E-state index contributed by atoms with van der Waals surface area (Å²) in [6.07, 6.45) is -3.88. The number of rotatable bonds is 10. The Morgan fingerprint density at radius 1 is 0.939 bits per heavy atom.